The first-order valence-corrected chi connectivity index (χ1v) is 9.58. The Labute approximate surface area is 170 Å². The summed E-state index contributed by atoms with van der Waals surface area (Å²) in [5.74, 6) is 0.589. The second kappa shape index (κ2) is 11.8. The van der Waals surface area contributed by atoms with Crippen molar-refractivity contribution in [3.05, 3.63) is 29.8 Å². The molecule has 2 fully saturated rings. The second-order valence-electron chi connectivity index (χ2n) is 7.37. The Morgan fingerprint density at radius 3 is 2.38 bits per heavy atom. The lowest BCUT2D eigenvalue weighted by Gasteiger charge is -2.26. The minimum atomic E-state index is 0. The Kier molecular flexibility index (Phi) is 10.6. The molecule has 2 atom stereocenters. The van der Waals surface area contributed by atoms with Gasteiger partial charge in [0.1, 0.15) is 0 Å². The molecule has 1 aliphatic carbocycles. The number of carbonyl (C=O) groups excluding carboxylic acids is 1. The fraction of sp³-hybridized carbons (Fsp3) is 0.650. The molecule has 1 aliphatic heterocycles. The molecule has 3 rings (SSSR count). The summed E-state index contributed by atoms with van der Waals surface area (Å²) in [5, 5.41) is 3.08. The van der Waals surface area contributed by atoms with Crippen LogP contribution >= 0.6 is 24.8 Å². The summed E-state index contributed by atoms with van der Waals surface area (Å²) in [4.78, 5) is 15.0. The number of nitrogens with zero attached hydrogens (tertiary/aromatic N) is 1. The number of anilines is 1. The van der Waals surface area contributed by atoms with Crippen LogP contribution in [0.15, 0.2) is 24.3 Å². The Hall–Kier alpha value is -0.810. The number of nitrogens with two attached hydrogens (primary N) is 1. The Morgan fingerprint density at radius 2 is 1.73 bits per heavy atom. The number of benzene rings is 1. The summed E-state index contributed by atoms with van der Waals surface area (Å²) in [6, 6.07) is 8.37. The highest BCUT2D eigenvalue weighted by Gasteiger charge is 2.31. The molecule has 1 aromatic carbocycles. The fourth-order valence-corrected chi connectivity index (χ4v) is 4.12. The van der Waals surface area contributed by atoms with Gasteiger partial charge in [-0.2, -0.15) is 0 Å². The molecule has 1 saturated heterocycles. The maximum absolute atomic E-state index is 12.4. The largest absolute Gasteiger partial charge is 0.330 e. The highest BCUT2D eigenvalue weighted by Crippen LogP contribution is 2.31. The van der Waals surface area contributed by atoms with Gasteiger partial charge in [0.25, 0.3) is 0 Å². The maximum atomic E-state index is 12.4. The quantitative estimate of drug-likeness (QED) is 0.760. The van der Waals surface area contributed by atoms with E-state index >= 15 is 0 Å². The third-order valence-electron chi connectivity index (χ3n) is 5.69. The van der Waals surface area contributed by atoms with E-state index in [1.54, 1.807) is 0 Å². The number of hydrogen-bond acceptors (Lipinski definition) is 3. The van der Waals surface area contributed by atoms with E-state index in [2.05, 4.69) is 22.3 Å². The minimum absolute atomic E-state index is 0. The van der Waals surface area contributed by atoms with Crippen LogP contribution in [-0.2, 0) is 11.2 Å². The first-order valence-electron chi connectivity index (χ1n) is 9.58. The zero-order valence-electron chi connectivity index (χ0n) is 15.5. The monoisotopic (exact) mass is 401 g/mol. The molecule has 148 valence electrons. The Bertz CT molecular complexity index is 532. The van der Waals surface area contributed by atoms with Crippen molar-refractivity contribution in [2.45, 2.75) is 44.9 Å². The van der Waals surface area contributed by atoms with E-state index in [-0.39, 0.29) is 36.6 Å². The van der Waals surface area contributed by atoms with Crippen molar-refractivity contribution in [1.29, 1.82) is 0 Å². The maximum Gasteiger partial charge on any atom is 0.227 e. The van der Waals surface area contributed by atoms with Gasteiger partial charge in [0.2, 0.25) is 5.91 Å². The van der Waals surface area contributed by atoms with Gasteiger partial charge in [-0.05, 0) is 75.4 Å². The lowest BCUT2D eigenvalue weighted by molar-refractivity contribution is -0.120. The SMILES string of the molecule is Cl.Cl.NC[C@H]1CCC[C@H]1C(=O)Nc1ccc(CCN2CCCCC2)cc1. The van der Waals surface area contributed by atoms with Gasteiger partial charge in [-0.1, -0.05) is 25.0 Å². The highest BCUT2D eigenvalue weighted by molar-refractivity contribution is 5.92. The van der Waals surface area contributed by atoms with Crippen molar-refractivity contribution in [3.8, 4) is 0 Å². The third-order valence-corrected chi connectivity index (χ3v) is 5.69. The van der Waals surface area contributed by atoms with Gasteiger partial charge in [-0.25, -0.2) is 0 Å². The van der Waals surface area contributed by atoms with Crippen LogP contribution in [0, 0.1) is 11.8 Å². The van der Waals surface area contributed by atoms with Crippen molar-refractivity contribution in [1.82, 2.24) is 4.90 Å². The van der Waals surface area contributed by atoms with E-state index in [4.69, 9.17) is 5.73 Å². The van der Waals surface area contributed by atoms with E-state index in [1.165, 1.54) is 37.9 Å². The standard InChI is InChI=1S/C20H31N3O.2ClH/c21-15-17-5-4-6-19(17)20(24)22-18-9-7-16(8-10-18)11-14-23-12-2-1-3-13-23;;/h7-10,17,19H,1-6,11-15,21H2,(H,22,24);2*1H/t17-,19-;;/m1../s1. The summed E-state index contributed by atoms with van der Waals surface area (Å²) in [6.45, 7) is 4.26. The minimum Gasteiger partial charge on any atom is -0.330 e. The average molecular weight is 402 g/mol. The van der Waals surface area contributed by atoms with Crippen LogP contribution in [0.5, 0.6) is 0 Å². The average Bonchev–Trinajstić information content (AvgIpc) is 3.11. The number of rotatable bonds is 6. The Balaban J connectivity index is 0.00000169. The normalized spacial score (nSPS) is 23.0. The zero-order chi connectivity index (χ0) is 16.8. The molecule has 0 spiro atoms. The summed E-state index contributed by atoms with van der Waals surface area (Å²) in [5.41, 5.74) is 8.04. The molecule has 4 nitrogen and oxygen atoms in total. The van der Waals surface area contributed by atoms with Crippen LogP contribution in [-0.4, -0.2) is 37.0 Å². The molecular weight excluding hydrogens is 369 g/mol. The first-order chi connectivity index (χ1) is 11.8. The molecule has 26 heavy (non-hydrogen) atoms. The van der Waals surface area contributed by atoms with Crippen molar-refractivity contribution < 1.29 is 4.79 Å². The van der Waals surface area contributed by atoms with Gasteiger partial charge in [0.15, 0.2) is 0 Å². The van der Waals surface area contributed by atoms with E-state index in [9.17, 15) is 4.79 Å². The summed E-state index contributed by atoms with van der Waals surface area (Å²) < 4.78 is 0. The molecule has 3 N–H and O–H groups in total. The molecule has 2 aliphatic rings. The predicted molar refractivity (Wildman–Crippen MR) is 113 cm³/mol. The number of amides is 1. The highest BCUT2D eigenvalue weighted by atomic mass is 35.5. The van der Waals surface area contributed by atoms with Gasteiger partial charge in [-0.3, -0.25) is 4.79 Å². The van der Waals surface area contributed by atoms with Crippen LogP contribution in [0.2, 0.25) is 0 Å². The van der Waals surface area contributed by atoms with Crippen LogP contribution < -0.4 is 11.1 Å². The fourth-order valence-electron chi connectivity index (χ4n) is 4.12. The topological polar surface area (TPSA) is 58.4 Å². The molecule has 1 heterocycles. The van der Waals surface area contributed by atoms with E-state index in [0.29, 0.717) is 12.5 Å². The lowest BCUT2D eigenvalue weighted by atomic mass is 9.95. The number of piperidine rings is 1. The van der Waals surface area contributed by atoms with Crippen molar-refractivity contribution in [2.75, 3.05) is 31.5 Å². The number of likely N-dealkylation sites (tertiary alicyclic amines) is 1. The van der Waals surface area contributed by atoms with E-state index < -0.39 is 0 Å². The van der Waals surface area contributed by atoms with Gasteiger partial charge >= 0.3 is 0 Å². The van der Waals surface area contributed by atoms with E-state index in [1.807, 2.05) is 12.1 Å². The smallest absolute Gasteiger partial charge is 0.227 e. The molecule has 1 amide bonds. The van der Waals surface area contributed by atoms with Gasteiger partial charge in [0.05, 0.1) is 0 Å². The van der Waals surface area contributed by atoms with Crippen LogP contribution in [0.3, 0.4) is 0 Å². The molecule has 0 bridgehead atoms. The van der Waals surface area contributed by atoms with Crippen LogP contribution in [0.1, 0.15) is 44.1 Å². The number of halogens is 2. The van der Waals surface area contributed by atoms with Crippen molar-refractivity contribution in [3.63, 3.8) is 0 Å². The first kappa shape index (κ1) is 23.2. The van der Waals surface area contributed by atoms with Crippen LogP contribution in [0.4, 0.5) is 5.69 Å². The molecule has 1 saturated carbocycles. The molecule has 0 aromatic heterocycles. The molecule has 0 radical (unpaired) electrons. The predicted octanol–water partition coefficient (Wildman–Crippen LogP) is 3.87. The van der Waals surface area contributed by atoms with Crippen molar-refractivity contribution in [2.24, 2.45) is 17.6 Å². The number of carbonyl (C=O) groups is 1. The van der Waals surface area contributed by atoms with Gasteiger partial charge < -0.3 is 16.0 Å². The summed E-state index contributed by atoms with van der Waals surface area (Å²) in [6.07, 6.45) is 8.34. The molecule has 6 heteroatoms. The van der Waals surface area contributed by atoms with Crippen LogP contribution in [0.25, 0.3) is 0 Å². The van der Waals surface area contributed by atoms with E-state index in [0.717, 1.165) is 37.9 Å². The second-order valence-corrected chi connectivity index (χ2v) is 7.37. The van der Waals surface area contributed by atoms with Gasteiger partial charge in [0, 0.05) is 18.2 Å². The number of nitrogens with one attached hydrogen (secondary N) is 1. The lowest BCUT2D eigenvalue weighted by Crippen LogP contribution is -2.31. The molecular formula is C20H33Cl2N3O. The zero-order valence-corrected chi connectivity index (χ0v) is 17.1. The molecule has 1 aromatic rings. The van der Waals surface area contributed by atoms with Gasteiger partial charge in [-0.15, -0.1) is 24.8 Å². The summed E-state index contributed by atoms with van der Waals surface area (Å²) >= 11 is 0. The van der Waals surface area contributed by atoms with Crippen molar-refractivity contribution >= 4 is 36.4 Å². The summed E-state index contributed by atoms with van der Waals surface area (Å²) in [7, 11) is 0. The molecule has 0 unspecified atom stereocenters. The Morgan fingerprint density at radius 1 is 1.04 bits per heavy atom. The number of hydrogen-bond donors (Lipinski definition) is 2. The third kappa shape index (κ3) is 6.41.